The van der Waals surface area contributed by atoms with Crippen molar-refractivity contribution in [3.8, 4) is 0 Å². The normalized spacial score (nSPS) is 15.9. The summed E-state index contributed by atoms with van der Waals surface area (Å²) >= 11 is 0. The second-order valence-corrected chi connectivity index (χ2v) is 7.52. The van der Waals surface area contributed by atoms with Crippen LogP contribution in [0.2, 0.25) is 0 Å². The third kappa shape index (κ3) is 12.8. The van der Waals surface area contributed by atoms with Gasteiger partial charge in [0.25, 0.3) is 0 Å². The van der Waals surface area contributed by atoms with Crippen LogP contribution < -0.4 is 11.5 Å². The molecule has 0 amide bonds. The summed E-state index contributed by atoms with van der Waals surface area (Å²) in [5.41, 5.74) is 10.0. The van der Waals surface area contributed by atoms with Crippen LogP contribution >= 0.6 is 0 Å². The molecule has 186 valence electrons. The van der Waals surface area contributed by atoms with Gasteiger partial charge in [-0.3, -0.25) is 9.59 Å². The fourth-order valence-corrected chi connectivity index (χ4v) is 2.71. The van der Waals surface area contributed by atoms with Crippen molar-refractivity contribution in [1.29, 1.82) is 0 Å². The highest BCUT2D eigenvalue weighted by molar-refractivity contribution is 5.73. The molecule has 0 unspecified atom stereocenters. The van der Waals surface area contributed by atoms with E-state index in [4.69, 9.17) is 11.5 Å². The predicted octanol–water partition coefficient (Wildman–Crippen LogP) is 3.96. The van der Waals surface area contributed by atoms with Crippen molar-refractivity contribution in [1.82, 2.24) is 0 Å². The number of nitrogens with two attached hydrogens (primary N) is 2. The molecule has 4 N–H and O–H groups in total. The Labute approximate surface area is 179 Å². The smallest absolute Gasteiger partial charge is 0.404 e. The maximum atomic E-state index is 12.4. The Balaban J connectivity index is 0. The number of alkyl halides is 6. The first-order chi connectivity index (χ1) is 14.0. The molecule has 31 heavy (non-hydrogen) atoms. The quantitative estimate of drug-likeness (QED) is 0.286. The van der Waals surface area contributed by atoms with E-state index in [0.29, 0.717) is 6.42 Å². The SMILES string of the molecule is CCCCC[C@@H](C(=O)OC)[C@@H](N)C(F)(F)F.COC(=O)[C@H](CC(C)C)[C@@H](N)C(F)(F)F. The Morgan fingerprint density at radius 3 is 1.52 bits per heavy atom. The number of ether oxygens (including phenoxy) is 2. The minimum absolute atomic E-state index is 0.0532. The van der Waals surface area contributed by atoms with E-state index in [0.717, 1.165) is 27.1 Å². The number of methoxy groups -OCH3 is 2. The van der Waals surface area contributed by atoms with Crippen LogP contribution in [0.5, 0.6) is 0 Å². The summed E-state index contributed by atoms with van der Waals surface area (Å²) in [5.74, 6) is -4.47. The van der Waals surface area contributed by atoms with Crippen LogP contribution in [0.25, 0.3) is 0 Å². The average Bonchev–Trinajstić information content (AvgIpc) is 2.66. The van der Waals surface area contributed by atoms with Gasteiger partial charge in [0.1, 0.15) is 12.1 Å². The van der Waals surface area contributed by atoms with E-state index in [1.807, 2.05) is 6.92 Å². The van der Waals surface area contributed by atoms with E-state index in [-0.39, 0.29) is 18.8 Å². The van der Waals surface area contributed by atoms with E-state index < -0.39 is 48.2 Å². The van der Waals surface area contributed by atoms with Crippen molar-refractivity contribution in [2.45, 2.75) is 77.3 Å². The number of hydrogen-bond acceptors (Lipinski definition) is 6. The third-order valence-electron chi connectivity index (χ3n) is 4.47. The Morgan fingerprint density at radius 2 is 1.19 bits per heavy atom. The molecule has 0 aromatic heterocycles. The van der Waals surface area contributed by atoms with Crippen LogP contribution in [0.3, 0.4) is 0 Å². The van der Waals surface area contributed by atoms with Crippen molar-refractivity contribution in [3.63, 3.8) is 0 Å². The lowest BCUT2D eigenvalue weighted by atomic mass is 9.90. The second-order valence-electron chi connectivity index (χ2n) is 7.52. The molecule has 0 aromatic carbocycles. The topological polar surface area (TPSA) is 105 Å². The second kappa shape index (κ2) is 14.5. The van der Waals surface area contributed by atoms with Crippen molar-refractivity contribution in [2.75, 3.05) is 14.2 Å². The van der Waals surface area contributed by atoms with E-state index in [2.05, 4.69) is 9.47 Å². The van der Waals surface area contributed by atoms with Crippen LogP contribution in [0.4, 0.5) is 26.3 Å². The summed E-state index contributed by atoms with van der Waals surface area (Å²) in [6.07, 6.45) is -6.78. The highest BCUT2D eigenvalue weighted by Gasteiger charge is 2.46. The van der Waals surface area contributed by atoms with Crippen LogP contribution in [0, 0.1) is 17.8 Å². The van der Waals surface area contributed by atoms with Crippen LogP contribution in [-0.2, 0) is 19.1 Å². The monoisotopic (exact) mass is 468 g/mol. The van der Waals surface area contributed by atoms with Gasteiger partial charge in [-0.25, -0.2) is 0 Å². The lowest BCUT2D eigenvalue weighted by Crippen LogP contribution is -2.47. The maximum absolute atomic E-state index is 12.4. The molecular weight excluding hydrogens is 434 g/mol. The number of carbonyl (C=O) groups is 2. The highest BCUT2D eigenvalue weighted by atomic mass is 19.4. The van der Waals surface area contributed by atoms with Crippen molar-refractivity contribution >= 4 is 11.9 Å². The maximum Gasteiger partial charge on any atom is 0.404 e. The molecular formula is C19H34F6N2O4. The average molecular weight is 468 g/mol. The van der Waals surface area contributed by atoms with Gasteiger partial charge >= 0.3 is 24.3 Å². The van der Waals surface area contributed by atoms with Gasteiger partial charge in [-0.2, -0.15) is 26.3 Å². The highest BCUT2D eigenvalue weighted by Crippen LogP contribution is 2.29. The predicted molar refractivity (Wildman–Crippen MR) is 103 cm³/mol. The lowest BCUT2D eigenvalue weighted by Gasteiger charge is -2.24. The van der Waals surface area contributed by atoms with Crippen LogP contribution in [0.15, 0.2) is 0 Å². The molecule has 12 heteroatoms. The van der Waals surface area contributed by atoms with Gasteiger partial charge in [0.2, 0.25) is 0 Å². The molecule has 0 rings (SSSR count). The van der Waals surface area contributed by atoms with E-state index >= 15 is 0 Å². The molecule has 0 aliphatic carbocycles. The van der Waals surface area contributed by atoms with Gasteiger partial charge in [-0.15, -0.1) is 0 Å². The van der Waals surface area contributed by atoms with Gasteiger partial charge in [0.15, 0.2) is 0 Å². The van der Waals surface area contributed by atoms with E-state index in [1.165, 1.54) is 0 Å². The molecule has 0 aromatic rings. The minimum atomic E-state index is -4.58. The molecule has 0 aliphatic heterocycles. The zero-order valence-corrected chi connectivity index (χ0v) is 18.5. The fraction of sp³-hybridized carbons (Fsp3) is 0.895. The Bertz CT molecular complexity index is 527. The number of hydrogen-bond donors (Lipinski definition) is 2. The lowest BCUT2D eigenvalue weighted by molar-refractivity contribution is -0.175. The molecule has 0 fully saturated rings. The molecule has 0 bridgehead atoms. The number of unbranched alkanes of at least 4 members (excludes halogenated alkanes) is 2. The molecule has 0 radical (unpaired) electrons. The summed E-state index contributed by atoms with van der Waals surface area (Å²) in [5, 5.41) is 0. The minimum Gasteiger partial charge on any atom is -0.469 e. The molecule has 0 spiro atoms. The molecule has 0 aliphatic rings. The molecule has 6 nitrogen and oxygen atoms in total. The van der Waals surface area contributed by atoms with Crippen molar-refractivity contribution < 1.29 is 45.4 Å². The van der Waals surface area contributed by atoms with E-state index in [9.17, 15) is 35.9 Å². The summed E-state index contributed by atoms with van der Waals surface area (Å²) in [4.78, 5) is 22.3. The van der Waals surface area contributed by atoms with Gasteiger partial charge < -0.3 is 20.9 Å². The fourth-order valence-electron chi connectivity index (χ4n) is 2.71. The summed E-state index contributed by atoms with van der Waals surface area (Å²) < 4.78 is 82.7. The van der Waals surface area contributed by atoms with Crippen molar-refractivity contribution in [2.24, 2.45) is 29.2 Å². The Hall–Kier alpha value is -1.56. The van der Waals surface area contributed by atoms with Crippen LogP contribution in [-0.4, -0.2) is 50.6 Å². The van der Waals surface area contributed by atoms with Gasteiger partial charge in [-0.05, 0) is 18.8 Å². The first kappa shape index (κ1) is 31.6. The van der Waals surface area contributed by atoms with Gasteiger partial charge in [-0.1, -0.05) is 40.0 Å². The zero-order chi connectivity index (χ0) is 25.0. The van der Waals surface area contributed by atoms with Crippen molar-refractivity contribution in [3.05, 3.63) is 0 Å². The summed E-state index contributed by atoms with van der Waals surface area (Å²) in [7, 11) is 2.12. The Morgan fingerprint density at radius 1 is 0.806 bits per heavy atom. The number of carbonyl (C=O) groups excluding carboxylic acids is 2. The summed E-state index contributed by atoms with van der Waals surface area (Å²) in [6, 6.07) is -4.30. The van der Waals surface area contributed by atoms with Crippen LogP contribution in [0.1, 0.15) is 52.9 Å². The standard InChI is InChI=1S/C10H18F3NO2.C9H16F3NO2/c1-3-4-5-6-7(9(15)16-2)8(14)10(11,12)13;1-5(2)4-6(8(14)15-3)7(13)9(10,11)12/h7-8H,3-6,14H2,1-2H3;5-7H,4,13H2,1-3H3/t7-,8-;6-,7-/m11/s1. The number of esters is 2. The largest absolute Gasteiger partial charge is 0.469 e. The third-order valence-corrected chi connectivity index (χ3v) is 4.47. The molecule has 4 atom stereocenters. The Kier molecular flexibility index (Phi) is 14.8. The molecule has 0 saturated heterocycles. The van der Waals surface area contributed by atoms with Gasteiger partial charge in [0, 0.05) is 0 Å². The van der Waals surface area contributed by atoms with E-state index in [1.54, 1.807) is 13.8 Å². The zero-order valence-electron chi connectivity index (χ0n) is 18.5. The number of rotatable bonds is 10. The molecule has 0 heterocycles. The first-order valence-electron chi connectivity index (χ1n) is 9.84. The van der Waals surface area contributed by atoms with Gasteiger partial charge in [0.05, 0.1) is 26.1 Å². The summed E-state index contributed by atoms with van der Waals surface area (Å²) in [6.45, 7) is 5.37. The molecule has 0 saturated carbocycles. The number of halogens is 6. The first-order valence-corrected chi connectivity index (χ1v) is 9.84.